The number of carboxylic acids is 1. The maximum absolute atomic E-state index is 13.9. The Morgan fingerprint density at radius 3 is 2.45 bits per heavy atom. The number of nitrogens with zero attached hydrogens (tertiary/aromatic N) is 2. The Balaban J connectivity index is 1.81. The smallest absolute Gasteiger partial charge is 0.341 e. The van der Waals surface area contributed by atoms with Crippen molar-refractivity contribution in [3.63, 3.8) is 0 Å². The molecule has 0 spiro atoms. The number of hydrogen-bond acceptors (Lipinski definition) is 9. The Labute approximate surface area is 219 Å². The second-order valence-electron chi connectivity index (χ2n) is 9.54. The van der Waals surface area contributed by atoms with Gasteiger partial charge in [0.25, 0.3) is 5.91 Å². The summed E-state index contributed by atoms with van der Waals surface area (Å²) in [5.41, 5.74) is -0.942. The van der Waals surface area contributed by atoms with Gasteiger partial charge in [0, 0.05) is 13.1 Å². The van der Waals surface area contributed by atoms with E-state index in [0.717, 1.165) is 4.90 Å². The number of aliphatic carboxylic acids is 1. The van der Waals surface area contributed by atoms with E-state index in [0.29, 0.717) is 0 Å². The lowest BCUT2D eigenvalue weighted by molar-refractivity contribution is -0.152. The number of carboxylic acid groups (broad SMARTS) is 1. The largest absolute Gasteiger partial charge is 0.481 e. The van der Waals surface area contributed by atoms with E-state index >= 15 is 0 Å². The molecule has 2 heterocycles. The first kappa shape index (κ1) is 27.4. The molecule has 4 rings (SSSR count). The highest BCUT2D eigenvalue weighted by Crippen LogP contribution is 2.43. The van der Waals surface area contributed by atoms with Crippen molar-refractivity contribution >= 4 is 33.6 Å². The van der Waals surface area contributed by atoms with Crippen LogP contribution in [0.4, 0.5) is 5.69 Å². The summed E-state index contributed by atoms with van der Waals surface area (Å²) in [6, 6.07) is 8.43. The van der Waals surface area contributed by atoms with Gasteiger partial charge in [-0.2, -0.15) is 4.31 Å². The van der Waals surface area contributed by atoms with Crippen LogP contribution in [-0.4, -0.2) is 80.7 Å². The number of fused-ring (bicyclic) bond motifs is 2. The minimum Gasteiger partial charge on any atom is -0.481 e. The molecule has 2 aliphatic heterocycles. The molecule has 13 heteroatoms. The molecule has 0 aromatic heterocycles. The second-order valence-corrected chi connectivity index (χ2v) is 11.5. The minimum absolute atomic E-state index is 0.0237. The van der Waals surface area contributed by atoms with Gasteiger partial charge in [0.05, 0.1) is 23.8 Å². The van der Waals surface area contributed by atoms with Crippen LogP contribution in [0.25, 0.3) is 0 Å². The fourth-order valence-corrected chi connectivity index (χ4v) is 5.41. The topological polar surface area (TPSA) is 149 Å². The van der Waals surface area contributed by atoms with Crippen molar-refractivity contribution < 1.29 is 46.9 Å². The van der Waals surface area contributed by atoms with Crippen LogP contribution in [0, 0.1) is 0 Å². The molecular formula is C25H28N2O10S. The van der Waals surface area contributed by atoms with Crippen molar-refractivity contribution in [3.8, 4) is 17.2 Å². The van der Waals surface area contributed by atoms with E-state index in [1.807, 2.05) is 0 Å². The van der Waals surface area contributed by atoms with Gasteiger partial charge in [0.2, 0.25) is 10.0 Å². The fraction of sp³-hybridized carbons (Fsp3) is 0.400. The number of sulfonamides is 1. The predicted octanol–water partition coefficient (Wildman–Crippen LogP) is 2.27. The molecule has 0 bridgehead atoms. The molecule has 12 nitrogen and oxygen atoms in total. The third-order valence-corrected chi connectivity index (χ3v) is 7.45. The Morgan fingerprint density at radius 1 is 1.08 bits per heavy atom. The second kappa shape index (κ2) is 10.6. The van der Waals surface area contributed by atoms with Crippen molar-refractivity contribution in [1.82, 2.24) is 4.31 Å². The van der Waals surface area contributed by atoms with Gasteiger partial charge in [-0.1, -0.05) is 6.07 Å². The molecule has 38 heavy (non-hydrogen) atoms. The SMILES string of the molecule is CC(C)(C)OC(=O)CN1C(=O)c2c(OCC(=O)O)cccc2Oc2ccc(S(=O)(=O)N3CCOCC3)cc21. The predicted molar refractivity (Wildman–Crippen MR) is 133 cm³/mol. The highest BCUT2D eigenvalue weighted by Gasteiger charge is 2.35. The standard InChI is InChI=1S/C25H28N2O10S/c1-25(2,3)37-22(30)14-27-17-13-16(38(32,33)26-9-11-34-12-10-26)7-8-18(17)36-20-6-4-5-19(23(20)24(27)31)35-15-21(28)29/h4-8,13H,9-12,14-15H2,1-3H3,(H,28,29). The van der Waals surface area contributed by atoms with Gasteiger partial charge < -0.3 is 24.1 Å². The molecule has 1 saturated heterocycles. The van der Waals surface area contributed by atoms with Crippen LogP contribution in [-0.2, 0) is 29.1 Å². The van der Waals surface area contributed by atoms with Gasteiger partial charge in [-0.15, -0.1) is 0 Å². The summed E-state index contributed by atoms with van der Waals surface area (Å²) in [7, 11) is -3.95. The zero-order chi connectivity index (χ0) is 27.7. The summed E-state index contributed by atoms with van der Waals surface area (Å²) >= 11 is 0. The van der Waals surface area contributed by atoms with Crippen LogP contribution in [0.2, 0.25) is 0 Å². The number of benzene rings is 2. The number of hydrogen-bond donors (Lipinski definition) is 1. The van der Waals surface area contributed by atoms with Crippen LogP contribution in [0.3, 0.4) is 0 Å². The molecule has 0 aliphatic carbocycles. The third-order valence-electron chi connectivity index (χ3n) is 5.55. The number of esters is 1. The molecule has 0 radical (unpaired) electrons. The fourth-order valence-electron chi connectivity index (χ4n) is 3.98. The van der Waals surface area contributed by atoms with E-state index in [1.165, 1.54) is 40.7 Å². The van der Waals surface area contributed by atoms with Gasteiger partial charge in [-0.05, 0) is 51.1 Å². The lowest BCUT2D eigenvalue weighted by Gasteiger charge is -2.27. The molecule has 1 amide bonds. The number of rotatable bonds is 7. The van der Waals surface area contributed by atoms with E-state index in [4.69, 9.17) is 24.1 Å². The maximum Gasteiger partial charge on any atom is 0.341 e. The van der Waals surface area contributed by atoms with Crippen LogP contribution >= 0.6 is 0 Å². The highest BCUT2D eigenvalue weighted by molar-refractivity contribution is 7.89. The molecule has 0 saturated carbocycles. The molecule has 1 fully saturated rings. The molecule has 1 N–H and O–H groups in total. The van der Waals surface area contributed by atoms with E-state index < -0.39 is 46.6 Å². The molecule has 0 unspecified atom stereocenters. The normalized spacial score (nSPS) is 16.1. The van der Waals surface area contributed by atoms with Crippen molar-refractivity contribution in [2.75, 3.05) is 44.4 Å². The lowest BCUT2D eigenvalue weighted by atomic mass is 10.1. The number of amides is 1. The first-order valence-electron chi connectivity index (χ1n) is 11.8. The molecule has 2 aromatic carbocycles. The average Bonchev–Trinajstić information content (AvgIpc) is 2.96. The first-order valence-corrected chi connectivity index (χ1v) is 13.2. The first-order chi connectivity index (χ1) is 17.9. The number of carbonyl (C=O) groups excluding carboxylic acids is 2. The van der Waals surface area contributed by atoms with Gasteiger partial charge in [-0.3, -0.25) is 14.5 Å². The van der Waals surface area contributed by atoms with Gasteiger partial charge >= 0.3 is 11.9 Å². The zero-order valence-electron chi connectivity index (χ0n) is 21.1. The Bertz CT molecular complexity index is 1360. The average molecular weight is 549 g/mol. The number of morpholine rings is 1. The molecule has 0 atom stereocenters. The lowest BCUT2D eigenvalue weighted by Crippen LogP contribution is -2.41. The monoisotopic (exact) mass is 548 g/mol. The number of carbonyl (C=O) groups is 3. The van der Waals surface area contributed by atoms with E-state index in [-0.39, 0.29) is 59.7 Å². The van der Waals surface area contributed by atoms with E-state index in [1.54, 1.807) is 20.8 Å². The van der Waals surface area contributed by atoms with Crippen molar-refractivity contribution in [2.45, 2.75) is 31.3 Å². The Kier molecular flexibility index (Phi) is 7.63. The summed E-state index contributed by atoms with van der Waals surface area (Å²) < 4.78 is 49.9. The van der Waals surface area contributed by atoms with Crippen LogP contribution in [0.15, 0.2) is 41.3 Å². The van der Waals surface area contributed by atoms with E-state index in [2.05, 4.69) is 0 Å². The van der Waals surface area contributed by atoms with Crippen LogP contribution < -0.4 is 14.4 Å². The van der Waals surface area contributed by atoms with Crippen LogP contribution in [0.1, 0.15) is 31.1 Å². The minimum atomic E-state index is -3.95. The van der Waals surface area contributed by atoms with Gasteiger partial charge in [-0.25, -0.2) is 13.2 Å². The highest BCUT2D eigenvalue weighted by atomic mass is 32.2. The third kappa shape index (κ3) is 5.90. The molecular weight excluding hydrogens is 520 g/mol. The van der Waals surface area contributed by atoms with Crippen LogP contribution in [0.5, 0.6) is 17.2 Å². The quantitative estimate of drug-likeness (QED) is 0.511. The molecule has 2 aliphatic rings. The Hall–Kier alpha value is -3.68. The maximum atomic E-state index is 13.9. The summed E-state index contributed by atoms with van der Waals surface area (Å²) in [5, 5.41) is 9.05. The molecule has 2 aromatic rings. The molecule has 204 valence electrons. The van der Waals surface area contributed by atoms with Gasteiger partial charge in [0.15, 0.2) is 12.4 Å². The van der Waals surface area contributed by atoms with Crippen molar-refractivity contribution in [2.24, 2.45) is 0 Å². The number of anilines is 1. The zero-order valence-corrected chi connectivity index (χ0v) is 21.9. The van der Waals surface area contributed by atoms with E-state index in [9.17, 15) is 22.8 Å². The van der Waals surface area contributed by atoms with Crippen molar-refractivity contribution in [1.29, 1.82) is 0 Å². The van der Waals surface area contributed by atoms with Crippen molar-refractivity contribution in [3.05, 3.63) is 42.0 Å². The number of ether oxygens (including phenoxy) is 4. The summed E-state index contributed by atoms with van der Waals surface area (Å²) in [6.45, 7) is 4.59. The Morgan fingerprint density at radius 2 is 1.79 bits per heavy atom. The summed E-state index contributed by atoms with van der Waals surface area (Å²) in [4.78, 5) is 38.7. The van der Waals surface area contributed by atoms with Gasteiger partial charge in [0.1, 0.15) is 29.2 Å². The summed E-state index contributed by atoms with van der Waals surface area (Å²) in [5.74, 6) is -2.67. The summed E-state index contributed by atoms with van der Waals surface area (Å²) in [6.07, 6.45) is 0.